The van der Waals surface area contributed by atoms with Gasteiger partial charge in [-0.25, -0.2) is 4.98 Å². The Morgan fingerprint density at radius 2 is 1.91 bits per heavy atom. The van der Waals surface area contributed by atoms with Crippen LogP contribution in [0.15, 0.2) is 48.5 Å². The number of anilines is 1. The number of hydrogen-bond acceptors (Lipinski definition) is 7. The van der Waals surface area contributed by atoms with Gasteiger partial charge in [-0.1, -0.05) is 12.1 Å². The number of carbonyl (C=O) groups excluding carboxylic acids is 3. The van der Waals surface area contributed by atoms with Crippen molar-refractivity contribution < 1.29 is 23.9 Å². The van der Waals surface area contributed by atoms with Crippen LogP contribution in [-0.4, -0.2) is 48.3 Å². The van der Waals surface area contributed by atoms with Gasteiger partial charge in [-0.05, 0) is 43.4 Å². The van der Waals surface area contributed by atoms with Gasteiger partial charge in [-0.15, -0.1) is 0 Å². The van der Waals surface area contributed by atoms with Crippen LogP contribution in [0.1, 0.15) is 40.6 Å². The van der Waals surface area contributed by atoms with Crippen LogP contribution < -0.4 is 20.1 Å². The molecule has 3 heterocycles. The number of para-hydroxylation sites is 1. The molecule has 0 bridgehead atoms. The molecule has 8 heteroatoms. The Hall–Kier alpha value is -3.78. The molecule has 174 valence electrons. The van der Waals surface area contributed by atoms with Gasteiger partial charge in [0.15, 0.2) is 11.6 Å². The number of methoxy groups -OCH3 is 1. The van der Waals surface area contributed by atoms with Gasteiger partial charge >= 0.3 is 0 Å². The Morgan fingerprint density at radius 3 is 2.65 bits per heavy atom. The Kier molecular flexibility index (Phi) is 5.53. The van der Waals surface area contributed by atoms with E-state index in [0.29, 0.717) is 48.6 Å². The summed E-state index contributed by atoms with van der Waals surface area (Å²) in [5.41, 5.74) is 0.560. The summed E-state index contributed by atoms with van der Waals surface area (Å²) in [4.78, 5) is 43.9. The first-order valence-corrected chi connectivity index (χ1v) is 11.3. The van der Waals surface area contributed by atoms with E-state index in [1.807, 2.05) is 24.3 Å². The Balaban J connectivity index is 1.62. The van der Waals surface area contributed by atoms with Crippen molar-refractivity contribution in [1.29, 1.82) is 0 Å². The molecule has 34 heavy (non-hydrogen) atoms. The van der Waals surface area contributed by atoms with Gasteiger partial charge in [0.25, 0.3) is 0 Å². The van der Waals surface area contributed by atoms with Gasteiger partial charge in [-0.2, -0.15) is 0 Å². The van der Waals surface area contributed by atoms with Crippen LogP contribution in [-0.2, 0) is 4.79 Å². The van der Waals surface area contributed by atoms with Crippen molar-refractivity contribution in [3.63, 3.8) is 0 Å². The summed E-state index contributed by atoms with van der Waals surface area (Å²) in [6.07, 6.45) is 1.01. The first-order valence-electron chi connectivity index (χ1n) is 11.3. The van der Waals surface area contributed by atoms with Gasteiger partial charge in [0.05, 0.1) is 18.2 Å². The molecule has 2 aromatic carbocycles. The summed E-state index contributed by atoms with van der Waals surface area (Å²) in [5, 5.41) is 6.76. The van der Waals surface area contributed by atoms with Crippen molar-refractivity contribution in [2.45, 2.75) is 25.4 Å². The average molecular weight is 460 g/mol. The van der Waals surface area contributed by atoms with Crippen LogP contribution in [0.5, 0.6) is 11.5 Å². The molecular weight excluding hydrogens is 434 g/mol. The number of pyridine rings is 1. The minimum atomic E-state index is -1.06. The highest BCUT2D eigenvalue weighted by molar-refractivity contribution is 6.19. The van der Waals surface area contributed by atoms with Crippen molar-refractivity contribution in [1.82, 2.24) is 10.3 Å². The lowest BCUT2D eigenvalue weighted by molar-refractivity contribution is -0.114. The number of fused-ring (bicyclic) bond motifs is 2. The minimum Gasteiger partial charge on any atom is -0.496 e. The smallest absolute Gasteiger partial charge is 0.221 e. The molecule has 0 aliphatic carbocycles. The first kappa shape index (κ1) is 22.0. The van der Waals surface area contributed by atoms with Crippen LogP contribution >= 0.6 is 0 Å². The molecule has 0 saturated carbocycles. The van der Waals surface area contributed by atoms with E-state index >= 15 is 0 Å². The lowest BCUT2D eigenvalue weighted by Crippen LogP contribution is -2.58. The molecule has 2 aliphatic heterocycles. The topological polar surface area (TPSA) is 107 Å². The predicted octanol–water partition coefficient (Wildman–Crippen LogP) is 3.40. The number of rotatable bonds is 4. The minimum absolute atomic E-state index is 0.164. The third-order valence-electron chi connectivity index (χ3n) is 6.53. The van der Waals surface area contributed by atoms with E-state index in [1.54, 1.807) is 31.4 Å². The fourth-order valence-electron chi connectivity index (χ4n) is 4.95. The highest BCUT2D eigenvalue weighted by atomic mass is 16.5. The number of nitrogens with zero attached hydrogens (tertiary/aromatic N) is 1. The maximum absolute atomic E-state index is 14.0. The number of ether oxygens (including phenoxy) is 2. The molecule has 1 saturated heterocycles. The van der Waals surface area contributed by atoms with Gasteiger partial charge in [0.1, 0.15) is 28.7 Å². The lowest BCUT2D eigenvalue weighted by atomic mass is 9.71. The van der Waals surface area contributed by atoms with Crippen molar-refractivity contribution >= 4 is 34.1 Å². The van der Waals surface area contributed by atoms with Gasteiger partial charge in [0.2, 0.25) is 5.91 Å². The summed E-state index contributed by atoms with van der Waals surface area (Å²) in [6, 6.07) is 13.9. The number of piperidine rings is 1. The molecule has 3 aromatic rings. The Morgan fingerprint density at radius 1 is 1.15 bits per heavy atom. The van der Waals surface area contributed by atoms with Crippen LogP contribution in [0.4, 0.5) is 5.69 Å². The van der Waals surface area contributed by atoms with Crippen LogP contribution in [0.25, 0.3) is 10.9 Å². The summed E-state index contributed by atoms with van der Waals surface area (Å²) in [6.45, 7) is 2.66. The molecule has 8 nitrogen and oxygen atoms in total. The molecular formula is C26H25N3O5. The van der Waals surface area contributed by atoms with E-state index in [1.165, 1.54) is 6.92 Å². The van der Waals surface area contributed by atoms with Crippen LogP contribution in [0.2, 0.25) is 0 Å². The summed E-state index contributed by atoms with van der Waals surface area (Å²) in [5.74, 6) is -1.09. The predicted molar refractivity (Wildman–Crippen MR) is 127 cm³/mol. The third kappa shape index (κ3) is 3.70. The maximum Gasteiger partial charge on any atom is 0.221 e. The molecule has 1 amide bonds. The number of nitrogens with one attached hydrogen (secondary N) is 2. The Labute approximate surface area is 196 Å². The highest BCUT2D eigenvalue weighted by Crippen LogP contribution is 2.44. The van der Waals surface area contributed by atoms with E-state index in [9.17, 15) is 14.4 Å². The SMILES string of the molecule is COc1cc(C(=O)[C@H]2C(=O)c3cc(NC(C)=O)ccc3OC23CCNCC3)nc2ccccc12. The van der Waals surface area contributed by atoms with Crippen LogP contribution in [0.3, 0.4) is 0 Å². The van der Waals surface area contributed by atoms with E-state index in [4.69, 9.17) is 9.47 Å². The zero-order chi connectivity index (χ0) is 23.9. The summed E-state index contributed by atoms with van der Waals surface area (Å²) < 4.78 is 12.0. The molecule has 1 fully saturated rings. The molecule has 2 aliphatic rings. The number of aromatic nitrogens is 1. The van der Waals surface area contributed by atoms with Crippen molar-refractivity contribution in [2.24, 2.45) is 5.92 Å². The van der Waals surface area contributed by atoms with Crippen molar-refractivity contribution in [3.8, 4) is 11.5 Å². The zero-order valence-corrected chi connectivity index (χ0v) is 19.0. The van der Waals surface area contributed by atoms with E-state index in [-0.39, 0.29) is 22.9 Å². The first-order chi connectivity index (χ1) is 16.4. The summed E-state index contributed by atoms with van der Waals surface area (Å²) >= 11 is 0. The standard InChI is InChI=1S/C26H25N3O5/c1-15(30)28-16-7-8-21-18(13-16)24(31)23(26(34-21)9-11-27-12-10-26)25(32)20-14-22(33-2)17-5-3-4-6-19(17)29-20/h3-8,13-14,23,27H,9-12H2,1-2H3,(H,28,30)/t23-/m1/s1. The lowest BCUT2D eigenvalue weighted by Gasteiger charge is -2.45. The number of ketones is 2. The molecule has 2 N–H and O–H groups in total. The third-order valence-corrected chi connectivity index (χ3v) is 6.53. The van der Waals surface area contributed by atoms with E-state index < -0.39 is 17.3 Å². The molecule has 5 rings (SSSR count). The van der Waals surface area contributed by atoms with Crippen LogP contribution in [0, 0.1) is 5.92 Å². The fourth-order valence-corrected chi connectivity index (χ4v) is 4.95. The maximum atomic E-state index is 14.0. The normalized spacial score (nSPS) is 18.8. The van der Waals surface area contributed by atoms with Gasteiger partial charge in [0, 0.05) is 36.9 Å². The van der Waals surface area contributed by atoms with Gasteiger partial charge in [-0.3, -0.25) is 14.4 Å². The monoisotopic (exact) mass is 459 g/mol. The largest absolute Gasteiger partial charge is 0.496 e. The second kappa shape index (κ2) is 8.53. The quantitative estimate of drug-likeness (QED) is 0.455. The number of benzene rings is 2. The van der Waals surface area contributed by atoms with E-state index in [2.05, 4.69) is 15.6 Å². The molecule has 1 aromatic heterocycles. The van der Waals surface area contributed by atoms with Crippen molar-refractivity contribution in [3.05, 3.63) is 59.8 Å². The molecule has 1 spiro atoms. The number of hydrogen-bond donors (Lipinski definition) is 2. The number of carbonyl (C=O) groups is 3. The molecule has 1 atom stereocenters. The summed E-state index contributed by atoms with van der Waals surface area (Å²) in [7, 11) is 1.54. The average Bonchev–Trinajstić information content (AvgIpc) is 2.84. The zero-order valence-electron chi connectivity index (χ0n) is 19.0. The molecule has 0 radical (unpaired) electrons. The van der Waals surface area contributed by atoms with Crippen molar-refractivity contribution in [2.75, 3.05) is 25.5 Å². The molecule has 0 unspecified atom stereocenters. The van der Waals surface area contributed by atoms with E-state index in [0.717, 1.165) is 5.39 Å². The second-order valence-electron chi connectivity index (χ2n) is 8.70. The highest BCUT2D eigenvalue weighted by Gasteiger charge is 2.54. The second-order valence-corrected chi connectivity index (χ2v) is 8.70. The number of amides is 1. The Bertz CT molecular complexity index is 1310. The van der Waals surface area contributed by atoms with Gasteiger partial charge < -0.3 is 20.1 Å². The number of Topliss-reactive ketones (excluding diaryl/α,β-unsaturated/α-hetero) is 2. The fraction of sp³-hybridized carbons (Fsp3) is 0.308.